The summed E-state index contributed by atoms with van der Waals surface area (Å²) >= 11 is 0. The van der Waals surface area contributed by atoms with E-state index in [1.807, 2.05) is 13.8 Å². The highest BCUT2D eigenvalue weighted by molar-refractivity contribution is 5.98. The number of hydrogen-bond acceptors (Lipinski definition) is 3. The molecular weight excluding hydrogens is 194 g/mol. The van der Waals surface area contributed by atoms with Crippen molar-refractivity contribution in [1.82, 2.24) is 4.57 Å². The molecular formula is C10H15N3O2. The number of amides is 1. The summed E-state index contributed by atoms with van der Waals surface area (Å²) in [5, 5.41) is 0. The van der Waals surface area contributed by atoms with E-state index in [4.69, 9.17) is 11.5 Å². The maximum atomic E-state index is 11.6. The van der Waals surface area contributed by atoms with Crippen LogP contribution in [0.1, 0.15) is 35.9 Å². The van der Waals surface area contributed by atoms with E-state index in [1.54, 1.807) is 6.92 Å². The van der Waals surface area contributed by atoms with Crippen molar-refractivity contribution in [3.8, 4) is 0 Å². The first-order valence-corrected chi connectivity index (χ1v) is 4.67. The first-order valence-electron chi connectivity index (χ1n) is 4.67. The predicted molar refractivity (Wildman–Crippen MR) is 58.8 cm³/mol. The van der Waals surface area contributed by atoms with Crippen LogP contribution < -0.4 is 17.0 Å². The number of nitrogens with zero attached hydrogens (tertiary/aromatic N) is 1. The molecule has 5 nitrogen and oxygen atoms in total. The van der Waals surface area contributed by atoms with Crippen LogP contribution in [-0.2, 0) is 0 Å². The Morgan fingerprint density at radius 2 is 2.00 bits per heavy atom. The number of primary amides is 1. The molecule has 1 rings (SSSR count). The van der Waals surface area contributed by atoms with Crippen LogP contribution >= 0.6 is 0 Å². The summed E-state index contributed by atoms with van der Waals surface area (Å²) in [7, 11) is 0. The van der Waals surface area contributed by atoms with Crippen LogP contribution in [0.2, 0.25) is 0 Å². The minimum absolute atomic E-state index is 0.0313. The molecule has 82 valence electrons. The number of nitrogens with two attached hydrogens (primary N) is 2. The third-order valence-corrected chi connectivity index (χ3v) is 2.29. The van der Waals surface area contributed by atoms with Gasteiger partial charge in [-0.3, -0.25) is 9.59 Å². The average molecular weight is 209 g/mol. The molecule has 15 heavy (non-hydrogen) atoms. The molecule has 4 N–H and O–H groups in total. The predicted octanol–water partition coefficient (Wildman–Crippen LogP) is 0.419. The van der Waals surface area contributed by atoms with Crippen molar-refractivity contribution in [3.05, 3.63) is 27.7 Å². The lowest BCUT2D eigenvalue weighted by Crippen LogP contribution is -2.28. The van der Waals surface area contributed by atoms with E-state index in [-0.39, 0.29) is 22.9 Å². The van der Waals surface area contributed by atoms with Crippen molar-refractivity contribution in [1.29, 1.82) is 0 Å². The van der Waals surface area contributed by atoms with Crippen molar-refractivity contribution in [3.63, 3.8) is 0 Å². The van der Waals surface area contributed by atoms with Gasteiger partial charge in [-0.1, -0.05) is 0 Å². The van der Waals surface area contributed by atoms with Gasteiger partial charge in [0, 0.05) is 17.8 Å². The van der Waals surface area contributed by atoms with Gasteiger partial charge in [-0.2, -0.15) is 0 Å². The molecule has 5 heteroatoms. The number of hydrogen-bond donors (Lipinski definition) is 2. The number of aromatic nitrogens is 1. The molecule has 1 aromatic heterocycles. The van der Waals surface area contributed by atoms with Gasteiger partial charge >= 0.3 is 0 Å². The van der Waals surface area contributed by atoms with Crippen LogP contribution in [0.15, 0.2) is 10.9 Å². The van der Waals surface area contributed by atoms with Gasteiger partial charge in [0.1, 0.15) is 0 Å². The highest BCUT2D eigenvalue weighted by atomic mass is 16.1. The van der Waals surface area contributed by atoms with Crippen LogP contribution in [-0.4, -0.2) is 10.5 Å². The third kappa shape index (κ3) is 1.86. The fraction of sp³-hybridized carbons (Fsp3) is 0.400. The molecule has 0 aliphatic heterocycles. The molecule has 1 heterocycles. The Kier molecular flexibility index (Phi) is 2.83. The van der Waals surface area contributed by atoms with Crippen molar-refractivity contribution >= 4 is 11.6 Å². The third-order valence-electron chi connectivity index (χ3n) is 2.29. The molecule has 0 radical (unpaired) electrons. The first kappa shape index (κ1) is 11.3. The largest absolute Gasteiger partial charge is 0.398 e. The molecule has 0 unspecified atom stereocenters. The summed E-state index contributed by atoms with van der Waals surface area (Å²) < 4.78 is 1.50. The van der Waals surface area contributed by atoms with E-state index in [0.29, 0.717) is 5.69 Å². The summed E-state index contributed by atoms with van der Waals surface area (Å²) in [5.74, 6) is -0.612. The standard InChI is InChI=1S/C10H15N3O2/c1-5(2)13-6(3)9(10(12)15)7(11)4-8(13)14/h4-5H,11H2,1-3H3,(H2,12,15). The molecule has 1 aromatic rings. The monoisotopic (exact) mass is 209 g/mol. The van der Waals surface area contributed by atoms with E-state index in [2.05, 4.69) is 0 Å². The minimum atomic E-state index is -0.612. The maximum Gasteiger partial charge on any atom is 0.253 e. The first-order chi connectivity index (χ1) is 6.86. The molecule has 0 saturated carbocycles. The fourth-order valence-electron chi connectivity index (χ4n) is 1.73. The van der Waals surface area contributed by atoms with Crippen molar-refractivity contribution in [2.24, 2.45) is 5.73 Å². The van der Waals surface area contributed by atoms with Gasteiger partial charge in [0.15, 0.2) is 0 Å². The molecule has 0 aliphatic rings. The minimum Gasteiger partial charge on any atom is -0.398 e. The van der Waals surface area contributed by atoms with Gasteiger partial charge in [0.25, 0.3) is 11.5 Å². The van der Waals surface area contributed by atoms with E-state index in [0.717, 1.165) is 0 Å². The van der Waals surface area contributed by atoms with Crippen LogP contribution in [0.3, 0.4) is 0 Å². The lowest BCUT2D eigenvalue weighted by molar-refractivity contribution is 0.0999. The molecule has 0 atom stereocenters. The second-order valence-corrected chi connectivity index (χ2v) is 3.73. The van der Waals surface area contributed by atoms with Gasteiger partial charge < -0.3 is 16.0 Å². The Balaban J connectivity index is 3.64. The quantitative estimate of drug-likeness (QED) is 0.739. The van der Waals surface area contributed by atoms with E-state index >= 15 is 0 Å². The number of nitrogen functional groups attached to an aromatic ring is 1. The van der Waals surface area contributed by atoms with Crippen molar-refractivity contribution in [2.45, 2.75) is 26.8 Å². The Bertz CT molecular complexity index is 460. The van der Waals surface area contributed by atoms with E-state index in [1.165, 1.54) is 10.6 Å². The Morgan fingerprint density at radius 1 is 1.47 bits per heavy atom. The topological polar surface area (TPSA) is 91.1 Å². The van der Waals surface area contributed by atoms with Crippen LogP contribution in [0.25, 0.3) is 0 Å². The summed E-state index contributed by atoms with van der Waals surface area (Å²) in [5.41, 5.74) is 11.4. The van der Waals surface area contributed by atoms with Gasteiger partial charge in [-0.25, -0.2) is 0 Å². The fourth-order valence-corrected chi connectivity index (χ4v) is 1.73. The van der Waals surface area contributed by atoms with Gasteiger partial charge in [0.2, 0.25) is 0 Å². The summed E-state index contributed by atoms with van der Waals surface area (Å²) in [6, 6.07) is 1.20. The Morgan fingerprint density at radius 3 is 2.40 bits per heavy atom. The van der Waals surface area contributed by atoms with E-state index in [9.17, 15) is 9.59 Å². The maximum absolute atomic E-state index is 11.6. The molecule has 0 saturated heterocycles. The number of carbonyl (C=O) groups excluding carboxylic acids is 1. The van der Waals surface area contributed by atoms with Crippen LogP contribution in [0.4, 0.5) is 5.69 Å². The van der Waals surface area contributed by atoms with E-state index < -0.39 is 5.91 Å². The summed E-state index contributed by atoms with van der Waals surface area (Å²) in [4.78, 5) is 22.8. The van der Waals surface area contributed by atoms with Crippen LogP contribution in [0.5, 0.6) is 0 Å². The normalized spacial score (nSPS) is 10.7. The molecule has 0 aromatic carbocycles. The smallest absolute Gasteiger partial charge is 0.253 e. The highest BCUT2D eigenvalue weighted by Gasteiger charge is 2.16. The second-order valence-electron chi connectivity index (χ2n) is 3.73. The molecule has 0 spiro atoms. The number of pyridine rings is 1. The Hall–Kier alpha value is -1.78. The SMILES string of the molecule is Cc1c(C(N)=O)c(N)cc(=O)n1C(C)C. The zero-order valence-electron chi connectivity index (χ0n) is 9.07. The zero-order valence-corrected chi connectivity index (χ0v) is 9.07. The van der Waals surface area contributed by atoms with Crippen LogP contribution in [0, 0.1) is 6.92 Å². The van der Waals surface area contributed by atoms with Gasteiger partial charge in [-0.05, 0) is 20.8 Å². The lowest BCUT2D eigenvalue weighted by Gasteiger charge is -2.17. The number of rotatable bonds is 2. The Labute approximate surface area is 87.7 Å². The number of anilines is 1. The highest BCUT2D eigenvalue weighted by Crippen LogP contribution is 2.16. The van der Waals surface area contributed by atoms with Crippen molar-refractivity contribution < 1.29 is 4.79 Å². The average Bonchev–Trinajstić information content (AvgIpc) is 1.99. The number of carbonyl (C=O) groups is 1. The second kappa shape index (κ2) is 3.76. The van der Waals surface area contributed by atoms with Crippen molar-refractivity contribution in [2.75, 3.05) is 5.73 Å². The molecule has 1 amide bonds. The van der Waals surface area contributed by atoms with Gasteiger partial charge in [-0.15, -0.1) is 0 Å². The summed E-state index contributed by atoms with van der Waals surface area (Å²) in [6.45, 7) is 5.38. The lowest BCUT2D eigenvalue weighted by atomic mass is 10.1. The molecule has 0 aliphatic carbocycles. The van der Waals surface area contributed by atoms with Gasteiger partial charge in [0.05, 0.1) is 11.3 Å². The molecule has 0 fully saturated rings. The zero-order chi connectivity index (χ0) is 11.7. The molecule has 0 bridgehead atoms. The summed E-state index contributed by atoms with van der Waals surface area (Å²) in [6.07, 6.45) is 0.